The molecule has 0 bridgehead atoms. The van der Waals surface area contributed by atoms with Crippen LogP contribution in [0.4, 0.5) is 0 Å². The third-order valence-corrected chi connectivity index (χ3v) is 4.43. The first-order valence-corrected chi connectivity index (χ1v) is 7.94. The summed E-state index contributed by atoms with van der Waals surface area (Å²) in [7, 11) is 1.58. The van der Waals surface area contributed by atoms with Crippen LogP contribution < -0.4 is 15.2 Å². The lowest BCUT2D eigenvalue weighted by Gasteiger charge is -2.13. The van der Waals surface area contributed by atoms with Crippen LogP contribution in [0.25, 0.3) is 0 Å². The van der Waals surface area contributed by atoms with E-state index < -0.39 is 0 Å². The highest BCUT2D eigenvalue weighted by molar-refractivity contribution is 7.09. The number of hydrogen-bond acceptors (Lipinski definition) is 5. The van der Waals surface area contributed by atoms with Gasteiger partial charge in [-0.2, -0.15) is 0 Å². The number of thiazole rings is 1. The summed E-state index contributed by atoms with van der Waals surface area (Å²) in [5.74, 6) is 1.53. The number of halogens is 1. The summed E-state index contributed by atoms with van der Waals surface area (Å²) in [6.45, 7) is 5.01. The maximum atomic E-state index is 6.24. The Labute approximate surface area is 133 Å². The van der Waals surface area contributed by atoms with Crippen molar-refractivity contribution in [2.45, 2.75) is 32.9 Å². The van der Waals surface area contributed by atoms with E-state index in [0.717, 1.165) is 16.3 Å². The Morgan fingerprint density at radius 1 is 1.38 bits per heavy atom. The van der Waals surface area contributed by atoms with E-state index in [1.54, 1.807) is 24.5 Å². The van der Waals surface area contributed by atoms with Gasteiger partial charge >= 0.3 is 0 Å². The Hall–Kier alpha value is -1.30. The van der Waals surface area contributed by atoms with Crippen molar-refractivity contribution >= 4 is 22.9 Å². The van der Waals surface area contributed by atoms with Gasteiger partial charge in [-0.05, 0) is 17.7 Å². The Balaban J connectivity index is 2.15. The predicted octanol–water partition coefficient (Wildman–Crippen LogP) is 3.97. The Morgan fingerprint density at radius 2 is 2.14 bits per heavy atom. The fourth-order valence-electron chi connectivity index (χ4n) is 1.83. The highest BCUT2D eigenvalue weighted by atomic mass is 35.5. The molecule has 4 nitrogen and oxygen atoms in total. The van der Waals surface area contributed by atoms with Gasteiger partial charge in [0.1, 0.15) is 6.61 Å². The smallest absolute Gasteiger partial charge is 0.180 e. The van der Waals surface area contributed by atoms with Gasteiger partial charge in [-0.3, -0.25) is 0 Å². The van der Waals surface area contributed by atoms with E-state index >= 15 is 0 Å². The van der Waals surface area contributed by atoms with Gasteiger partial charge in [-0.15, -0.1) is 11.3 Å². The van der Waals surface area contributed by atoms with Crippen LogP contribution in [0, 0.1) is 0 Å². The number of nitrogens with zero attached hydrogens (tertiary/aromatic N) is 1. The van der Waals surface area contributed by atoms with Crippen LogP contribution in [0.15, 0.2) is 17.5 Å². The molecule has 114 valence electrons. The largest absolute Gasteiger partial charge is 0.493 e. The minimum absolute atomic E-state index is 0.362. The molecule has 0 unspecified atom stereocenters. The zero-order chi connectivity index (χ0) is 15.4. The molecular formula is C15H19ClN2O2S. The van der Waals surface area contributed by atoms with Crippen molar-refractivity contribution in [2.24, 2.45) is 5.73 Å². The summed E-state index contributed by atoms with van der Waals surface area (Å²) in [6.07, 6.45) is 0. The molecule has 0 fully saturated rings. The molecule has 0 radical (unpaired) electrons. The standard InChI is InChI=1S/C15H19ClN2O2S/c1-9(2)15-18-11(8-21-15)7-20-14-12(16)4-10(6-17)5-13(14)19-3/h4-5,8-9H,6-7,17H2,1-3H3. The molecule has 0 amide bonds. The quantitative estimate of drug-likeness (QED) is 0.872. The van der Waals surface area contributed by atoms with Crippen molar-refractivity contribution in [1.29, 1.82) is 0 Å². The van der Waals surface area contributed by atoms with E-state index in [1.807, 2.05) is 11.4 Å². The second-order valence-electron chi connectivity index (χ2n) is 4.93. The summed E-state index contributed by atoms with van der Waals surface area (Å²) in [5, 5.41) is 3.60. The summed E-state index contributed by atoms with van der Waals surface area (Å²) in [4.78, 5) is 4.53. The SMILES string of the molecule is COc1cc(CN)cc(Cl)c1OCc1csc(C(C)C)n1. The van der Waals surface area contributed by atoms with Gasteiger partial charge in [0, 0.05) is 17.8 Å². The molecule has 0 aliphatic heterocycles. The third kappa shape index (κ3) is 3.87. The number of ether oxygens (including phenoxy) is 2. The minimum atomic E-state index is 0.362. The molecule has 21 heavy (non-hydrogen) atoms. The second kappa shape index (κ2) is 7.11. The molecule has 0 saturated carbocycles. The normalized spacial score (nSPS) is 11.0. The van der Waals surface area contributed by atoms with Crippen LogP contribution in [-0.2, 0) is 13.2 Å². The van der Waals surface area contributed by atoms with Gasteiger partial charge in [0.2, 0.25) is 0 Å². The lowest BCUT2D eigenvalue weighted by atomic mass is 10.2. The van der Waals surface area contributed by atoms with Crippen molar-refractivity contribution in [3.05, 3.63) is 38.8 Å². The number of nitrogens with two attached hydrogens (primary N) is 1. The summed E-state index contributed by atoms with van der Waals surface area (Å²) in [6, 6.07) is 3.63. The number of hydrogen-bond donors (Lipinski definition) is 1. The van der Waals surface area contributed by atoms with Crippen LogP contribution >= 0.6 is 22.9 Å². The van der Waals surface area contributed by atoms with Crippen LogP contribution in [0.1, 0.15) is 36.0 Å². The molecule has 2 rings (SSSR count). The van der Waals surface area contributed by atoms with Crippen LogP contribution in [0.5, 0.6) is 11.5 Å². The van der Waals surface area contributed by atoms with Gasteiger partial charge in [-0.25, -0.2) is 4.98 Å². The van der Waals surface area contributed by atoms with Crippen molar-refractivity contribution in [1.82, 2.24) is 4.98 Å². The van der Waals surface area contributed by atoms with Gasteiger partial charge in [0.15, 0.2) is 11.5 Å². The van der Waals surface area contributed by atoms with Gasteiger partial charge < -0.3 is 15.2 Å². The second-order valence-corrected chi connectivity index (χ2v) is 6.23. The zero-order valence-electron chi connectivity index (χ0n) is 12.4. The summed E-state index contributed by atoms with van der Waals surface area (Å²) in [5.41, 5.74) is 7.42. The molecule has 2 N–H and O–H groups in total. The molecule has 1 aromatic carbocycles. The van der Waals surface area contributed by atoms with Crippen LogP contribution in [0.2, 0.25) is 5.02 Å². The first kappa shape index (κ1) is 16.1. The molecule has 0 aliphatic rings. The van der Waals surface area contributed by atoms with Gasteiger partial charge in [-0.1, -0.05) is 25.4 Å². The van der Waals surface area contributed by atoms with E-state index in [1.165, 1.54) is 0 Å². The maximum absolute atomic E-state index is 6.24. The fraction of sp³-hybridized carbons (Fsp3) is 0.400. The lowest BCUT2D eigenvalue weighted by molar-refractivity contribution is 0.281. The van der Waals surface area contributed by atoms with Crippen molar-refractivity contribution < 1.29 is 9.47 Å². The van der Waals surface area contributed by atoms with Crippen molar-refractivity contribution in [3.63, 3.8) is 0 Å². The third-order valence-electron chi connectivity index (χ3n) is 2.95. The predicted molar refractivity (Wildman–Crippen MR) is 86.4 cm³/mol. The van der Waals surface area contributed by atoms with E-state index in [9.17, 15) is 0 Å². The Bertz CT molecular complexity index is 614. The van der Waals surface area contributed by atoms with Crippen LogP contribution in [0.3, 0.4) is 0 Å². The number of methoxy groups -OCH3 is 1. The zero-order valence-corrected chi connectivity index (χ0v) is 13.9. The van der Waals surface area contributed by atoms with Crippen molar-refractivity contribution in [2.75, 3.05) is 7.11 Å². The molecular weight excluding hydrogens is 308 g/mol. The number of aromatic nitrogens is 1. The summed E-state index contributed by atoms with van der Waals surface area (Å²) < 4.78 is 11.1. The molecule has 0 spiro atoms. The Morgan fingerprint density at radius 3 is 2.71 bits per heavy atom. The molecule has 1 aromatic heterocycles. The average molecular weight is 327 g/mol. The molecule has 0 aliphatic carbocycles. The number of rotatable bonds is 6. The van der Waals surface area contributed by atoms with Crippen LogP contribution in [-0.4, -0.2) is 12.1 Å². The van der Waals surface area contributed by atoms with Gasteiger partial charge in [0.25, 0.3) is 0 Å². The lowest BCUT2D eigenvalue weighted by Crippen LogP contribution is -2.02. The van der Waals surface area contributed by atoms with E-state index in [2.05, 4.69) is 18.8 Å². The minimum Gasteiger partial charge on any atom is -0.493 e. The molecule has 0 atom stereocenters. The maximum Gasteiger partial charge on any atom is 0.180 e. The molecule has 2 aromatic rings. The monoisotopic (exact) mass is 326 g/mol. The summed E-state index contributed by atoms with van der Waals surface area (Å²) >= 11 is 7.88. The van der Waals surface area contributed by atoms with E-state index in [-0.39, 0.29) is 0 Å². The fourth-order valence-corrected chi connectivity index (χ4v) is 2.94. The molecule has 1 heterocycles. The van der Waals surface area contributed by atoms with E-state index in [4.69, 9.17) is 26.8 Å². The first-order valence-electron chi connectivity index (χ1n) is 6.68. The Kier molecular flexibility index (Phi) is 5.45. The molecule has 0 saturated heterocycles. The van der Waals surface area contributed by atoms with Gasteiger partial charge in [0.05, 0.1) is 22.8 Å². The average Bonchev–Trinajstić information content (AvgIpc) is 2.94. The highest BCUT2D eigenvalue weighted by Gasteiger charge is 2.13. The van der Waals surface area contributed by atoms with Crippen molar-refractivity contribution in [3.8, 4) is 11.5 Å². The first-order chi connectivity index (χ1) is 10.0. The highest BCUT2D eigenvalue weighted by Crippen LogP contribution is 2.37. The van der Waals surface area contributed by atoms with E-state index in [0.29, 0.717) is 35.6 Å². The number of benzene rings is 1. The molecule has 6 heteroatoms. The topological polar surface area (TPSA) is 57.4 Å².